The van der Waals surface area contributed by atoms with Gasteiger partial charge in [0.05, 0.1) is 34.6 Å². The maximum absolute atomic E-state index is 13.6. The van der Waals surface area contributed by atoms with Crippen LogP contribution >= 0.6 is 11.6 Å². The van der Waals surface area contributed by atoms with Crippen LogP contribution in [0.25, 0.3) is 11.3 Å². The molecule has 3 aromatic rings. The number of aliphatic hydroxyl groups is 2. The summed E-state index contributed by atoms with van der Waals surface area (Å²) in [4.78, 5) is 29.8. The van der Waals surface area contributed by atoms with Crippen LogP contribution < -0.4 is 19.9 Å². The summed E-state index contributed by atoms with van der Waals surface area (Å²) in [7, 11) is 0. The number of rotatable bonds is 6. The van der Waals surface area contributed by atoms with E-state index in [4.69, 9.17) is 21.4 Å². The van der Waals surface area contributed by atoms with Gasteiger partial charge in [-0.1, -0.05) is 23.7 Å². The molecule has 0 unspecified atom stereocenters. The van der Waals surface area contributed by atoms with Crippen LogP contribution in [0.1, 0.15) is 18.4 Å². The van der Waals surface area contributed by atoms with Crippen molar-refractivity contribution in [1.82, 2.24) is 15.0 Å². The van der Waals surface area contributed by atoms with Gasteiger partial charge < -0.3 is 19.8 Å². The quantitative estimate of drug-likeness (QED) is 0.411. The first kappa shape index (κ1) is 26.9. The molecule has 0 spiro atoms. The maximum Gasteiger partial charge on any atom is 0.416 e. The van der Waals surface area contributed by atoms with Gasteiger partial charge in [0.15, 0.2) is 5.82 Å². The number of hydrogen-bond donors (Lipinski definition) is 3. The van der Waals surface area contributed by atoms with E-state index in [0.717, 1.165) is 25.1 Å². The summed E-state index contributed by atoms with van der Waals surface area (Å²) >= 11 is 6.52. The van der Waals surface area contributed by atoms with E-state index in [2.05, 4.69) is 25.2 Å². The molecular formula is C25H24ClF3N6O4. The molecule has 2 aromatic heterocycles. The van der Waals surface area contributed by atoms with Crippen LogP contribution in [-0.4, -0.2) is 69.6 Å². The minimum atomic E-state index is -4.54. The number of pyridine rings is 1. The normalized spacial score (nSPS) is 17.4. The third-order valence-electron chi connectivity index (χ3n) is 6.43. The number of aromatic nitrogens is 3. The lowest BCUT2D eigenvalue weighted by atomic mass is 9.99. The smallest absolute Gasteiger partial charge is 0.416 e. The van der Waals surface area contributed by atoms with Gasteiger partial charge in [-0.15, -0.1) is 0 Å². The number of nitrogens with zero attached hydrogens (tertiary/aromatic N) is 5. The molecule has 1 fully saturated rings. The Morgan fingerprint density at radius 1 is 1.26 bits per heavy atom. The molecule has 39 heavy (non-hydrogen) atoms. The zero-order valence-electron chi connectivity index (χ0n) is 20.4. The van der Waals surface area contributed by atoms with Gasteiger partial charge in [-0.3, -0.25) is 10.2 Å². The molecule has 206 valence electrons. The fourth-order valence-corrected chi connectivity index (χ4v) is 4.87. The molecule has 2 aliphatic heterocycles. The number of fused-ring (bicyclic) bond motifs is 4. The first-order chi connectivity index (χ1) is 18.6. The molecule has 2 amide bonds. The summed E-state index contributed by atoms with van der Waals surface area (Å²) in [6.07, 6.45) is -2.78. The Balaban J connectivity index is 1.48. The average molecular weight is 565 g/mol. The Hall–Kier alpha value is -3.68. The molecule has 0 radical (unpaired) electrons. The van der Waals surface area contributed by atoms with Crippen LogP contribution in [0, 0.1) is 0 Å². The third-order valence-corrected chi connectivity index (χ3v) is 6.72. The lowest BCUT2D eigenvalue weighted by molar-refractivity contribution is -0.137. The molecule has 3 N–H and O–H groups in total. The number of anilines is 3. The first-order valence-corrected chi connectivity index (χ1v) is 12.5. The summed E-state index contributed by atoms with van der Waals surface area (Å²) in [5.74, 6) is 0.396. The van der Waals surface area contributed by atoms with E-state index in [-0.39, 0.29) is 46.6 Å². The summed E-state index contributed by atoms with van der Waals surface area (Å²) in [5.41, 5.74) is 0.0673. The lowest BCUT2D eigenvalue weighted by Crippen LogP contribution is -2.56. The molecule has 0 aliphatic carbocycles. The van der Waals surface area contributed by atoms with Crippen LogP contribution in [-0.2, 0) is 6.18 Å². The van der Waals surface area contributed by atoms with E-state index in [1.165, 1.54) is 29.3 Å². The van der Waals surface area contributed by atoms with Gasteiger partial charge in [-0.05, 0) is 37.1 Å². The predicted molar refractivity (Wildman–Crippen MR) is 137 cm³/mol. The summed E-state index contributed by atoms with van der Waals surface area (Å²) < 4.78 is 45.3. The highest BCUT2D eigenvalue weighted by Crippen LogP contribution is 2.43. The van der Waals surface area contributed by atoms with Gasteiger partial charge in [-0.25, -0.2) is 14.8 Å². The highest BCUT2D eigenvalue weighted by Gasteiger charge is 2.39. The number of halogens is 4. The second kappa shape index (κ2) is 10.8. The van der Waals surface area contributed by atoms with Crippen molar-refractivity contribution in [2.75, 3.05) is 41.4 Å². The third kappa shape index (κ3) is 5.70. The van der Waals surface area contributed by atoms with E-state index in [9.17, 15) is 23.1 Å². The number of alkyl halides is 3. The Kier molecular flexibility index (Phi) is 7.47. The SMILES string of the molecule is O=C(Nc1ccnc(OC[C@H](O)CO)n1)N1c2nc(-c3cccc(C(F)(F)F)c3)c(Cl)cc2N2CCC[C@H]1C2. The molecular weight excluding hydrogens is 541 g/mol. The number of carbonyl (C=O) groups excluding carboxylic acids is 1. The lowest BCUT2D eigenvalue weighted by Gasteiger charge is -2.46. The largest absolute Gasteiger partial charge is 0.461 e. The minimum Gasteiger partial charge on any atom is -0.461 e. The first-order valence-electron chi connectivity index (χ1n) is 12.1. The van der Waals surface area contributed by atoms with Crippen molar-refractivity contribution >= 4 is 35.0 Å². The average Bonchev–Trinajstić information content (AvgIpc) is 2.92. The number of piperidine rings is 1. The Morgan fingerprint density at radius 3 is 2.85 bits per heavy atom. The highest BCUT2D eigenvalue weighted by atomic mass is 35.5. The molecule has 2 bridgehead atoms. The molecule has 2 aliphatic rings. The van der Waals surface area contributed by atoms with Gasteiger partial charge in [0.2, 0.25) is 0 Å². The van der Waals surface area contributed by atoms with Crippen molar-refractivity contribution in [3.05, 3.63) is 53.2 Å². The van der Waals surface area contributed by atoms with Gasteiger partial charge >= 0.3 is 18.2 Å². The van der Waals surface area contributed by atoms with Crippen molar-refractivity contribution in [2.24, 2.45) is 0 Å². The van der Waals surface area contributed by atoms with Crippen molar-refractivity contribution in [3.63, 3.8) is 0 Å². The zero-order valence-corrected chi connectivity index (χ0v) is 21.2. The molecule has 14 heteroatoms. The number of amides is 2. The molecule has 1 aromatic carbocycles. The topological polar surface area (TPSA) is 124 Å². The van der Waals surface area contributed by atoms with Gasteiger partial charge in [0, 0.05) is 24.8 Å². The van der Waals surface area contributed by atoms with Crippen molar-refractivity contribution in [1.29, 1.82) is 0 Å². The number of nitrogens with one attached hydrogen (secondary N) is 1. The Bertz CT molecular complexity index is 1380. The number of carbonyl (C=O) groups is 1. The molecule has 5 rings (SSSR count). The van der Waals surface area contributed by atoms with E-state index in [0.29, 0.717) is 18.7 Å². The molecule has 10 nitrogen and oxygen atoms in total. The van der Waals surface area contributed by atoms with Gasteiger partial charge in [0.1, 0.15) is 18.5 Å². The molecule has 1 saturated heterocycles. The predicted octanol–water partition coefficient (Wildman–Crippen LogP) is 3.96. The Labute approximate surface area is 226 Å². The monoisotopic (exact) mass is 564 g/mol. The number of benzene rings is 1. The van der Waals surface area contributed by atoms with E-state index in [1.54, 1.807) is 6.07 Å². The maximum atomic E-state index is 13.6. The second-order valence-electron chi connectivity index (χ2n) is 9.15. The number of aliphatic hydroxyl groups excluding tert-OH is 2. The van der Waals surface area contributed by atoms with Crippen molar-refractivity contribution < 1.29 is 32.9 Å². The fraction of sp³-hybridized carbons (Fsp3) is 0.360. The van der Waals surface area contributed by atoms with Crippen molar-refractivity contribution in [3.8, 4) is 17.3 Å². The van der Waals surface area contributed by atoms with Crippen molar-refractivity contribution in [2.45, 2.75) is 31.2 Å². The van der Waals surface area contributed by atoms with Gasteiger partial charge in [-0.2, -0.15) is 18.2 Å². The van der Waals surface area contributed by atoms with Gasteiger partial charge in [0.25, 0.3) is 0 Å². The van der Waals surface area contributed by atoms with Crippen LogP contribution in [0.3, 0.4) is 0 Å². The van der Waals surface area contributed by atoms with E-state index in [1.807, 2.05) is 0 Å². The van der Waals surface area contributed by atoms with Crippen LogP contribution in [0.5, 0.6) is 6.01 Å². The summed E-state index contributed by atoms with van der Waals surface area (Å²) in [6, 6.07) is 6.90. The number of urea groups is 1. The second-order valence-corrected chi connectivity index (χ2v) is 9.56. The minimum absolute atomic E-state index is 0.111. The fourth-order valence-electron chi connectivity index (χ4n) is 4.62. The van der Waals surface area contributed by atoms with Crippen LogP contribution in [0.15, 0.2) is 42.6 Å². The van der Waals surface area contributed by atoms with Crippen LogP contribution in [0.4, 0.5) is 35.3 Å². The standard InChI is InChI=1S/C25H24ClF3N6O4/c26-18-10-19-22(33-21(18)14-3-1-4-15(9-14)25(27,28)29)35(16-5-2-8-34(19)11-16)24(38)32-20-6-7-30-23(31-20)39-13-17(37)12-36/h1,3-4,6-7,9-10,16-17,36-37H,2,5,8,11-13H2,(H,30,31,32,38)/t16-,17+/m0/s1. The number of ether oxygens (including phenoxy) is 1. The summed E-state index contributed by atoms with van der Waals surface area (Å²) in [5, 5.41) is 21.3. The zero-order chi connectivity index (χ0) is 27.7. The Morgan fingerprint density at radius 2 is 2.08 bits per heavy atom. The number of hydrogen-bond acceptors (Lipinski definition) is 8. The van der Waals surface area contributed by atoms with E-state index < -0.39 is 30.5 Å². The molecule has 2 atom stereocenters. The summed E-state index contributed by atoms with van der Waals surface area (Å²) in [6.45, 7) is 0.529. The highest BCUT2D eigenvalue weighted by molar-refractivity contribution is 6.33. The molecule has 4 heterocycles. The molecule has 0 saturated carbocycles. The van der Waals surface area contributed by atoms with Crippen LogP contribution in [0.2, 0.25) is 5.02 Å². The van der Waals surface area contributed by atoms with E-state index >= 15 is 0 Å².